The van der Waals surface area contributed by atoms with Gasteiger partial charge in [-0.2, -0.15) is 4.31 Å². The van der Waals surface area contributed by atoms with Gasteiger partial charge in [0.1, 0.15) is 0 Å². The van der Waals surface area contributed by atoms with Crippen molar-refractivity contribution >= 4 is 33.3 Å². The number of sulfonamides is 1. The maximum absolute atomic E-state index is 13.6. The average molecular weight is 475 g/mol. The molecule has 0 aromatic heterocycles. The van der Waals surface area contributed by atoms with Crippen LogP contribution in [0.1, 0.15) is 48.5 Å². The first-order valence-corrected chi connectivity index (χ1v) is 12.7. The number of carbonyl (C=O) groups is 2. The zero-order valence-corrected chi connectivity index (χ0v) is 19.7. The summed E-state index contributed by atoms with van der Waals surface area (Å²) >= 11 is 6.21. The van der Waals surface area contributed by atoms with E-state index in [1.54, 1.807) is 4.90 Å². The second-order valence-corrected chi connectivity index (χ2v) is 11.0. The molecule has 0 radical (unpaired) electrons. The van der Waals surface area contributed by atoms with E-state index in [0.717, 1.165) is 31.2 Å². The molecule has 0 unspecified atom stereocenters. The summed E-state index contributed by atoms with van der Waals surface area (Å²) in [6.45, 7) is 2.64. The number of rotatable bonds is 5. The Balaban J connectivity index is 1.49. The molecule has 2 aliphatic rings. The lowest BCUT2D eigenvalue weighted by Crippen LogP contribution is -2.55. The molecule has 0 spiro atoms. The van der Waals surface area contributed by atoms with Gasteiger partial charge >= 0.3 is 0 Å². The molecule has 2 fully saturated rings. The molecule has 1 saturated heterocycles. The first kappa shape index (κ1) is 23.0. The summed E-state index contributed by atoms with van der Waals surface area (Å²) in [6.07, 6.45) is 3.55. The molecule has 2 aromatic carbocycles. The molecule has 1 aliphatic carbocycles. The molecular formula is C24H27ClN2O4S. The SMILES string of the molecule is CC(=O)c1ccc(S(=O)(=O)N2CCN(C(=O)C3(c4cccc(Cl)c4)CCCC3)CC2)cc1. The minimum atomic E-state index is -3.68. The number of hydrogen-bond acceptors (Lipinski definition) is 4. The number of carbonyl (C=O) groups excluding carboxylic acids is 2. The van der Waals surface area contributed by atoms with Crippen LogP contribution in [0.2, 0.25) is 5.02 Å². The zero-order chi connectivity index (χ0) is 22.9. The van der Waals surface area contributed by atoms with Gasteiger partial charge < -0.3 is 4.90 Å². The summed E-state index contributed by atoms with van der Waals surface area (Å²) in [5.41, 5.74) is 0.851. The summed E-state index contributed by atoms with van der Waals surface area (Å²) in [5, 5.41) is 0.619. The van der Waals surface area contributed by atoms with Crippen LogP contribution in [0, 0.1) is 0 Å². The van der Waals surface area contributed by atoms with E-state index in [1.807, 2.05) is 24.3 Å². The predicted molar refractivity (Wildman–Crippen MR) is 123 cm³/mol. The van der Waals surface area contributed by atoms with E-state index < -0.39 is 15.4 Å². The van der Waals surface area contributed by atoms with Crippen LogP contribution in [0.4, 0.5) is 0 Å². The largest absolute Gasteiger partial charge is 0.339 e. The molecule has 32 heavy (non-hydrogen) atoms. The molecule has 1 amide bonds. The second kappa shape index (κ2) is 8.96. The number of hydrogen-bond donors (Lipinski definition) is 0. The van der Waals surface area contributed by atoms with E-state index in [9.17, 15) is 18.0 Å². The highest BCUT2D eigenvalue weighted by Gasteiger charge is 2.46. The Kier molecular flexibility index (Phi) is 6.43. The van der Waals surface area contributed by atoms with Gasteiger partial charge in [-0.15, -0.1) is 0 Å². The van der Waals surface area contributed by atoms with Crippen LogP contribution < -0.4 is 0 Å². The maximum Gasteiger partial charge on any atom is 0.243 e. The first-order chi connectivity index (χ1) is 15.2. The van der Waals surface area contributed by atoms with Gasteiger partial charge in [0.25, 0.3) is 0 Å². The maximum atomic E-state index is 13.6. The number of Topliss-reactive ketones (excluding diaryl/α,β-unsaturated/α-hetero) is 1. The van der Waals surface area contributed by atoms with Crippen molar-refractivity contribution in [3.63, 3.8) is 0 Å². The van der Waals surface area contributed by atoms with E-state index in [-0.39, 0.29) is 29.7 Å². The highest BCUT2D eigenvalue weighted by atomic mass is 35.5. The summed E-state index contributed by atoms with van der Waals surface area (Å²) in [6, 6.07) is 13.6. The van der Waals surface area contributed by atoms with E-state index in [1.165, 1.54) is 35.5 Å². The minimum Gasteiger partial charge on any atom is -0.339 e. The van der Waals surface area contributed by atoms with Crippen LogP contribution in [0.15, 0.2) is 53.4 Å². The van der Waals surface area contributed by atoms with E-state index in [0.29, 0.717) is 23.7 Å². The Morgan fingerprint density at radius 3 is 2.12 bits per heavy atom. The highest BCUT2D eigenvalue weighted by Crippen LogP contribution is 2.43. The molecule has 0 atom stereocenters. The highest BCUT2D eigenvalue weighted by molar-refractivity contribution is 7.89. The lowest BCUT2D eigenvalue weighted by atomic mass is 9.77. The third kappa shape index (κ3) is 4.21. The van der Waals surface area contributed by atoms with Crippen LogP contribution in [0.5, 0.6) is 0 Å². The normalized spacial score (nSPS) is 19.1. The summed E-state index contributed by atoms with van der Waals surface area (Å²) in [5.74, 6) is -0.0401. The summed E-state index contributed by atoms with van der Waals surface area (Å²) in [7, 11) is -3.68. The Morgan fingerprint density at radius 1 is 0.938 bits per heavy atom. The third-order valence-electron chi connectivity index (χ3n) is 6.67. The summed E-state index contributed by atoms with van der Waals surface area (Å²) in [4.78, 5) is 27.1. The Bertz CT molecular complexity index is 1120. The van der Waals surface area contributed by atoms with Crippen molar-refractivity contribution in [3.8, 4) is 0 Å². The van der Waals surface area contributed by atoms with Gasteiger partial charge in [0.15, 0.2) is 5.78 Å². The average Bonchev–Trinajstić information content (AvgIpc) is 3.30. The van der Waals surface area contributed by atoms with Gasteiger partial charge in [0.05, 0.1) is 10.3 Å². The molecule has 2 aromatic rings. The van der Waals surface area contributed by atoms with Crippen LogP contribution in [-0.4, -0.2) is 55.5 Å². The Hall–Kier alpha value is -2.22. The fraction of sp³-hybridized carbons (Fsp3) is 0.417. The molecule has 1 aliphatic heterocycles. The van der Waals surface area contributed by atoms with Crippen molar-refractivity contribution in [3.05, 3.63) is 64.7 Å². The zero-order valence-electron chi connectivity index (χ0n) is 18.1. The van der Waals surface area contributed by atoms with Gasteiger partial charge in [-0.3, -0.25) is 9.59 Å². The molecule has 6 nitrogen and oxygen atoms in total. The van der Waals surface area contributed by atoms with Crippen molar-refractivity contribution in [2.75, 3.05) is 26.2 Å². The Labute approximate surface area is 194 Å². The predicted octanol–water partition coefficient (Wildman–Crippen LogP) is 3.89. The lowest BCUT2D eigenvalue weighted by Gasteiger charge is -2.39. The van der Waals surface area contributed by atoms with Crippen molar-refractivity contribution in [1.82, 2.24) is 9.21 Å². The topological polar surface area (TPSA) is 74.8 Å². The van der Waals surface area contributed by atoms with E-state index in [4.69, 9.17) is 11.6 Å². The van der Waals surface area contributed by atoms with Crippen molar-refractivity contribution in [1.29, 1.82) is 0 Å². The number of nitrogens with zero attached hydrogens (tertiary/aromatic N) is 2. The van der Waals surface area contributed by atoms with Gasteiger partial charge in [-0.1, -0.05) is 48.7 Å². The van der Waals surface area contributed by atoms with Gasteiger partial charge in [0, 0.05) is 36.8 Å². The summed E-state index contributed by atoms with van der Waals surface area (Å²) < 4.78 is 27.5. The minimum absolute atomic E-state index is 0.0696. The number of amides is 1. The van der Waals surface area contributed by atoms with Crippen LogP contribution in [0.25, 0.3) is 0 Å². The third-order valence-corrected chi connectivity index (χ3v) is 8.82. The second-order valence-electron chi connectivity index (χ2n) is 8.58. The fourth-order valence-corrected chi connectivity index (χ4v) is 6.45. The monoisotopic (exact) mass is 474 g/mol. The molecule has 1 saturated carbocycles. The molecule has 8 heteroatoms. The molecule has 4 rings (SSSR count). The first-order valence-electron chi connectivity index (χ1n) is 10.9. The van der Waals surface area contributed by atoms with Gasteiger partial charge in [-0.05, 0) is 49.6 Å². The molecule has 0 bridgehead atoms. The quantitative estimate of drug-likeness (QED) is 0.616. The molecule has 0 N–H and O–H groups in total. The molecule has 170 valence electrons. The Morgan fingerprint density at radius 2 is 1.56 bits per heavy atom. The van der Waals surface area contributed by atoms with E-state index in [2.05, 4.69) is 0 Å². The number of halogens is 1. The van der Waals surface area contributed by atoms with Gasteiger partial charge in [0.2, 0.25) is 15.9 Å². The number of benzene rings is 2. The fourth-order valence-electron chi connectivity index (χ4n) is 4.84. The number of ketones is 1. The van der Waals surface area contributed by atoms with E-state index >= 15 is 0 Å². The van der Waals surface area contributed by atoms with Crippen LogP contribution >= 0.6 is 11.6 Å². The van der Waals surface area contributed by atoms with Crippen LogP contribution in [-0.2, 0) is 20.2 Å². The van der Waals surface area contributed by atoms with Crippen molar-refractivity contribution < 1.29 is 18.0 Å². The standard InChI is InChI=1S/C24H27ClN2O4S/c1-18(28)19-7-9-22(10-8-19)32(30,31)27-15-13-26(14-16-27)23(29)24(11-2-3-12-24)20-5-4-6-21(25)17-20/h4-10,17H,2-3,11-16H2,1H3. The van der Waals surface area contributed by atoms with Crippen molar-refractivity contribution in [2.45, 2.75) is 42.9 Å². The molecule has 1 heterocycles. The number of piperazine rings is 1. The lowest BCUT2D eigenvalue weighted by molar-refractivity contribution is -0.138. The van der Waals surface area contributed by atoms with Crippen molar-refractivity contribution in [2.24, 2.45) is 0 Å². The van der Waals surface area contributed by atoms with Gasteiger partial charge in [-0.25, -0.2) is 8.42 Å². The van der Waals surface area contributed by atoms with Crippen LogP contribution in [0.3, 0.4) is 0 Å². The smallest absolute Gasteiger partial charge is 0.243 e. The molecular weight excluding hydrogens is 448 g/mol.